The molecule has 1 aromatic rings. The summed E-state index contributed by atoms with van der Waals surface area (Å²) in [6.45, 7) is 3.87. The number of nitrogens with zero attached hydrogens (tertiary/aromatic N) is 1. The summed E-state index contributed by atoms with van der Waals surface area (Å²) in [5.74, 6) is 4.85. The molecule has 2 amide bonds. The number of carbonyl (C=O) groups is 2. The fraction of sp³-hybridized carbons (Fsp3) is 0.333. The molecule has 2 rings (SSSR count). The molecular weight excluding hydrogens is 240 g/mol. The second-order valence-corrected chi connectivity index (χ2v) is 4.64. The SMILES string of the molecule is CC1C(=O)N(c2ccc(C#CCN)cc2)C(=O)C1C. The van der Waals surface area contributed by atoms with Crippen LogP contribution >= 0.6 is 0 Å². The topological polar surface area (TPSA) is 63.4 Å². The maximum atomic E-state index is 12.0. The first kappa shape index (κ1) is 13.3. The molecule has 0 radical (unpaired) electrons. The number of benzene rings is 1. The summed E-state index contributed by atoms with van der Waals surface area (Å²) < 4.78 is 0. The molecule has 1 heterocycles. The van der Waals surface area contributed by atoms with E-state index < -0.39 is 0 Å². The van der Waals surface area contributed by atoms with Crippen molar-refractivity contribution < 1.29 is 9.59 Å². The Morgan fingerprint density at radius 3 is 2.11 bits per heavy atom. The third-order valence-corrected chi connectivity index (χ3v) is 3.43. The monoisotopic (exact) mass is 256 g/mol. The molecule has 98 valence electrons. The number of nitrogens with two attached hydrogens (primary N) is 1. The maximum Gasteiger partial charge on any atom is 0.237 e. The molecule has 0 aliphatic carbocycles. The van der Waals surface area contributed by atoms with E-state index in [4.69, 9.17) is 5.73 Å². The summed E-state index contributed by atoms with van der Waals surface area (Å²) in [4.78, 5) is 25.3. The predicted octanol–water partition coefficient (Wildman–Crippen LogP) is 1.14. The van der Waals surface area contributed by atoms with Crippen LogP contribution in [0.3, 0.4) is 0 Å². The second-order valence-electron chi connectivity index (χ2n) is 4.64. The lowest BCUT2D eigenvalue weighted by Gasteiger charge is -2.14. The van der Waals surface area contributed by atoms with E-state index in [1.165, 1.54) is 4.90 Å². The molecule has 1 fully saturated rings. The number of imide groups is 1. The van der Waals surface area contributed by atoms with Crippen molar-refractivity contribution in [1.82, 2.24) is 0 Å². The second kappa shape index (κ2) is 5.25. The smallest absolute Gasteiger partial charge is 0.237 e. The minimum Gasteiger partial charge on any atom is -0.320 e. The average Bonchev–Trinajstić information content (AvgIpc) is 2.62. The number of amides is 2. The third-order valence-electron chi connectivity index (χ3n) is 3.43. The van der Waals surface area contributed by atoms with Crippen molar-refractivity contribution in [2.45, 2.75) is 13.8 Å². The number of hydrogen-bond acceptors (Lipinski definition) is 3. The summed E-state index contributed by atoms with van der Waals surface area (Å²) in [7, 11) is 0. The summed E-state index contributed by atoms with van der Waals surface area (Å²) in [6, 6.07) is 7.04. The molecule has 0 bridgehead atoms. The van der Waals surface area contributed by atoms with E-state index in [0.717, 1.165) is 5.56 Å². The molecular formula is C15H16N2O2. The van der Waals surface area contributed by atoms with Gasteiger partial charge in [-0.1, -0.05) is 25.7 Å². The predicted molar refractivity (Wildman–Crippen MR) is 73.2 cm³/mol. The quantitative estimate of drug-likeness (QED) is 0.605. The van der Waals surface area contributed by atoms with Crippen LogP contribution in [0.2, 0.25) is 0 Å². The minimum atomic E-state index is -0.260. The highest BCUT2D eigenvalue weighted by Gasteiger charge is 2.42. The van der Waals surface area contributed by atoms with Gasteiger partial charge in [0.25, 0.3) is 0 Å². The lowest BCUT2D eigenvalue weighted by atomic mass is 10.00. The molecule has 2 N–H and O–H groups in total. The Kier molecular flexibility index (Phi) is 3.68. The average molecular weight is 256 g/mol. The Hall–Kier alpha value is -2.12. The van der Waals surface area contributed by atoms with Crippen molar-refractivity contribution >= 4 is 17.5 Å². The van der Waals surface area contributed by atoms with Gasteiger partial charge in [0, 0.05) is 17.4 Å². The van der Waals surface area contributed by atoms with Crippen LogP contribution in [0.4, 0.5) is 5.69 Å². The first-order chi connectivity index (χ1) is 9.06. The fourth-order valence-corrected chi connectivity index (χ4v) is 2.05. The number of anilines is 1. The molecule has 2 atom stereocenters. The van der Waals surface area contributed by atoms with Crippen molar-refractivity contribution in [3.8, 4) is 11.8 Å². The van der Waals surface area contributed by atoms with E-state index in [0.29, 0.717) is 12.2 Å². The van der Waals surface area contributed by atoms with Gasteiger partial charge in [0.05, 0.1) is 12.2 Å². The Morgan fingerprint density at radius 2 is 1.63 bits per heavy atom. The van der Waals surface area contributed by atoms with E-state index in [2.05, 4.69) is 11.8 Å². The summed E-state index contributed by atoms with van der Waals surface area (Å²) in [5, 5.41) is 0. The molecule has 19 heavy (non-hydrogen) atoms. The molecule has 1 aromatic carbocycles. The molecule has 1 aliphatic heterocycles. The van der Waals surface area contributed by atoms with E-state index in [1.807, 2.05) is 0 Å². The first-order valence-corrected chi connectivity index (χ1v) is 6.23. The van der Waals surface area contributed by atoms with Gasteiger partial charge in [-0.05, 0) is 24.3 Å². The molecule has 0 aromatic heterocycles. The van der Waals surface area contributed by atoms with Crippen molar-refractivity contribution in [3.63, 3.8) is 0 Å². The van der Waals surface area contributed by atoms with Gasteiger partial charge in [-0.3, -0.25) is 14.5 Å². The van der Waals surface area contributed by atoms with E-state index in [9.17, 15) is 9.59 Å². The van der Waals surface area contributed by atoms with Crippen molar-refractivity contribution in [3.05, 3.63) is 29.8 Å². The highest BCUT2D eigenvalue weighted by Crippen LogP contribution is 2.30. The van der Waals surface area contributed by atoms with Crippen LogP contribution < -0.4 is 10.6 Å². The Morgan fingerprint density at radius 1 is 1.11 bits per heavy atom. The zero-order chi connectivity index (χ0) is 14.0. The maximum absolute atomic E-state index is 12.0. The van der Waals surface area contributed by atoms with Crippen molar-refractivity contribution in [1.29, 1.82) is 0 Å². The molecule has 4 nitrogen and oxygen atoms in total. The first-order valence-electron chi connectivity index (χ1n) is 6.23. The zero-order valence-electron chi connectivity index (χ0n) is 11.0. The number of rotatable bonds is 1. The summed E-state index contributed by atoms with van der Waals surface area (Å²) in [6.07, 6.45) is 0. The van der Waals surface area contributed by atoms with Gasteiger partial charge in [-0.25, -0.2) is 0 Å². The van der Waals surface area contributed by atoms with Gasteiger partial charge >= 0.3 is 0 Å². The number of carbonyl (C=O) groups excluding carboxylic acids is 2. The Balaban J connectivity index is 2.28. The zero-order valence-corrected chi connectivity index (χ0v) is 11.0. The molecule has 0 saturated carbocycles. The van der Waals surface area contributed by atoms with Gasteiger partial charge < -0.3 is 5.73 Å². The highest BCUT2D eigenvalue weighted by molar-refractivity contribution is 6.21. The molecule has 2 unspecified atom stereocenters. The lowest BCUT2D eigenvalue weighted by Crippen LogP contribution is -2.30. The molecule has 4 heteroatoms. The van der Waals surface area contributed by atoms with Gasteiger partial charge in [0.15, 0.2) is 0 Å². The van der Waals surface area contributed by atoms with Crippen LogP contribution in [0.25, 0.3) is 0 Å². The van der Waals surface area contributed by atoms with Gasteiger partial charge in [0.1, 0.15) is 0 Å². The van der Waals surface area contributed by atoms with Crippen molar-refractivity contribution in [2.24, 2.45) is 17.6 Å². The van der Waals surface area contributed by atoms with Crippen LogP contribution in [-0.4, -0.2) is 18.4 Å². The van der Waals surface area contributed by atoms with Gasteiger partial charge in [0.2, 0.25) is 11.8 Å². The van der Waals surface area contributed by atoms with Crippen LogP contribution in [0.15, 0.2) is 24.3 Å². The highest BCUT2D eigenvalue weighted by atomic mass is 16.2. The van der Waals surface area contributed by atoms with E-state index in [-0.39, 0.29) is 23.7 Å². The third kappa shape index (κ3) is 2.38. The van der Waals surface area contributed by atoms with Crippen LogP contribution in [0.5, 0.6) is 0 Å². The van der Waals surface area contributed by atoms with Crippen LogP contribution in [0, 0.1) is 23.7 Å². The van der Waals surface area contributed by atoms with Gasteiger partial charge in [-0.2, -0.15) is 0 Å². The lowest BCUT2D eigenvalue weighted by molar-refractivity contribution is -0.122. The Labute approximate surface area is 112 Å². The molecule has 1 aliphatic rings. The Bertz CT molecular complexity index is 546. The molecule has 0 spiro atoms. The largest absolute Gasteiger partial charge is 0.320 e. The van der Waals surface area contributed by atoms with E-state index in [1.54, 1.807) is 38.1 Å². The summed E-state index contributed by atoms with van der Waals surface area (Å²) >= 11 is 0. The van der Waals surface area contributed by atoms with Crippen LogP contribution in [0.1, 0.15) is 19.4 Å². The summed E-state index contributed by atoms with van der Waals surface area (Å²) in [5.41, 5.74) is 6.72. The fourth-order valence-electron chi connectivity index (χ4n) is 2.05. The number of hydrogen-bond donors (Lipinski definition) is 1. The van der Waals surface area contributed by atoms with Crippen LogP contribution in [-0.2, 0) is 9.59 Å². The van der Waals surface area contributed by atoms with Gasteiger partial charge in [-0.15, -0.1) is 0 Å². The normalized spacial score (nSPS) is 22.4. The van der Waals surface area contributed by atoms with E-state index >= 15 is 0 Å². The standard InChI is InChI=1S/C15H16N2O2/c1-10-11(2)15(19)17(14(10)18)13-7-5-12(6-8-13)4-3-9-16/h5-8,10-11H,9,16H2,1-2H3. The minimum absolute atomic E-state index is 0.140. The van der Waals surface area contributed by atoms with Crippen molar-refractivity contribution in [2.75, 3.05) is 11.4 Å². The molecule has 1 saturated heterocycles.